The number of carbonyl (C=O) groups excluding carboxylic acids is 2. The zero-order chi connectivity index (χ0) is 28.1. The number of amides is 2. The Morgan fingerprint density at radius 3 is 1.95 bits per heavy atom. The van der Waals surface area contributed by atoms with E-state index in [9.17, 15) is 35.9 Å². The number of hydrogen-bond donors (Lipinski definition) is 2. The van der Waals surface area contributed by atoms with E-state index in [1.54, 1.807) is 12.0 Å². The molecule has 2 amide bonds. The highest BCUT2D eigenvalue weighted by Crippen LogP contribution is 2.36. The van der Waals surface area contributed by atoms with Gasteiger partial charge in [-0.2, -0.15) is 26.3 Å². The maximum absolute atomic E-state index is 13.1. The Morgan fingerprint density at radius 1 is 0.895 bits per heavy atom. The smallest absolute Gasteiger partial charge is 0.381 e. The number of methoxy groups -OCH3 is 1. The summed E-state index contributed by atoms with van der Waals surface area (Å²) in [7, 11) is 3.53. The third kappa shape index (κ3) is 8.33. The lowest BCUT2D eigenvalue weighted by molar-refractivity contribution is -0.143. The number of rotatable bonds is 8. The van der Waals surface area contributed by atoms with Crippen LogP contribution >= 0.6 is 0 Å². The lowest BCUT2D eigenvalue weighted by Gasteiger charge is -2.35. The van der Waals surface area contributed by atoms with Crippen molar-refractivity contribution in [2.24, 2.45) is 5.92 Å². The molecule has 38 heavy (non-hydrogen) atoms. The Morgan fingerprint density at radius 2 is 1.45 bits per heavy atom. The Kier molecular flexibility index (Phi) is 10.1. The Hall–Kier alpha value is -2.34. The molecular weight excluding hydrogens is 516 g/mol. The van der Waals surface area contributed by atoms with Gasteiger partial charge in [0.1, 0.15) is 0 Å². The first-order valence-corrected chi connectivity index (χ1v) is 12.9. The summed E-state index contributed by atoms with van der Waals surface area (Å²) in [5, 5.41) is 5.78. The lowest BCUT2D eigenvalue weighted by Crippen LogP contribution is -2.46. The second-order valence-corrected chi connectivity index (χ2v) is 10.3. The predicted molar refractivity (Wildman–Crippen MR) is 128 cm³/mol. The summed E-state index contributed by atoms with van der Waals surface area (Å²) in [6.07, 6.45) is -3.16. The molecule has 0 aliphatic heterocycles. The highest BCUT2D eigenvalue weighted by Gasteiger charge is 2.37. The largest absolute Gasteiger partial charge is 0.416 e. The van der Waals surface area contributed by atoms with Crippen LogP contribution in [0.3, 0.4) is 0 Å². The molecule has 0 aromatic heterocycles. The molecule has 2 fully saturated rings. The lowest BCUT2D eigenvalue weighted by atomic mass is 9.86. The molecule has 2 aliphatic carbocycles. The second-order valence-electron chi connectivity index (χ2n) is 10.3. The number of benzene rings is 1. The Labute approximate surface area is 218 Å². The first kappa shape index (κ1) is 30.2. The number of nitrogens with zero attached hydrogens (tertiary/aromatic N) is 1. The molecule has 2 aliphatic rings. The van der Waals surface area contributed by atoms with Gasteiger partial charge >= 0.3 is 12.4 Å². The van der Waals surface area contributed by atoms with Gasteiger partial charge in [0.2, 0.25) is 5.91 Å². The summed E-state index contributed by atoms with van der Waals surface area (Å²) in [4.78, 5) is 26.8. The molecule has 6 nitrogen and oxygen atoms in total. The number of halogens is 6. The number of hydrogen-bond acceptors (Lipinski definition) is 4. The van der Waals surface area contributed by atoms with Crippen molar-refractivity contribution in [3.8, 4) is 0 Å². The first-order chi connectivity index (χ1) is 17.8. The summed E-state index contributed by atoms with van der Waals surface area (Å²) in [5.74, 6) is -0.909. The van der Waals surface area contributed by atoms with Crippen LogP contribution in [0.2, 0.25) is 0 Å². The predicted octanol–water partition coefficient (Wildman–Crippen LogP) is 5.02. The van der Waals surface area contributed by atoms with Gasteiger partial charge in [0.25, 0.3) is 5.91 Å². The number of carbonyl (C=O) groups is 2. The van der Waals surface area contributed by atoms with Crippen molar-refractivity contribution in [2.75, 3.05) is 27.2 Å². The second kappa shape index (κ2) is 12.7. The van der Waals surface area contributed by atoms with E-state index in [1.165, 1.54) is 0 Å². The van der Waals surface area contributed by atoms with Crippen LogP contribution in [0.15, 0.2) is 18.2 Å². The van der Waals surface area contributed by atoms with Crippen LogP contribution in [0.5, 0.6) is 0 Å². The van der Waals surface area contributed by atoms with Gasteiger partial charge in [0.15, 0.2) is 0 Å². The average Bonchev–Trinajstić information content (AvgIpc) is 2.89. The van der Waals surface area contributed by atoms with E-state index in [2.05, 4.69) is 10.6 Å². The molecule has 1 aromatic rings. The first-order valence-electron chi connectivity index (χ1n) is 12.9. The molecule has 2 N–H and O–H groups in total. The van der Waals surface area contributed by atoms with E-state index in [4.69, 9.17) is 4.74 Å². The van der Waals surface area contributed by atoms with Crippen molar-refractivity contribution in [3.63, 3.8) is 0 Å². The number of likely N-dealkylation sites (N-methyl/N-ethyl adjacent to an activating group) is 1. The fourth-order valence-corrected chi connectivity index (χ4v) is 5.22. The number of nitrogens with one attached hydrogen (secondary N) is 2. The van der Waals surface area contributed by atoms with Crippen molar-refractivity contribution < 1.29 is 40.7 Å². The highest BCUT2D eigenvalue weighted by atomic mass is 19.4. The third-order valence-corrected chi connectivity index (χ3v) is 7.71. The van der Waals surface area contributed by atoms with Crippen LogP contribution in [0.4, 0.5) is 26.3 Å². The van der Waals surface area contributed by atoms with Gasteiger partial charge in [-0.25, -0.2) is 0 Å². The summed E-state index contributed by atoms with van der Waals surface area (Å²) in [6, 6.07) is 1.20. The van der Waals surface area contributed by atoms with Crippen molar-refractivity contribution in [2.45, 2.75) is 81.9 Å². The van der Waals surface area contributed by atoms with E-state index in [0.29, 0.717) is 25.0 Å². The van der Waals surface area contributed by atoms with Gasteiger partial charge in [-0.15, -0.1) is 0 Å². The molecule has 0 atom stereocenters. The molecule has 214 valence electrons. The van der Waals surface area contributed by atoms with Crippen molar-refractivity contribution in [1.29, 1.82) is 0 Å². The SMILES string of the molecule is CO[C@H]1CC[C@@H](N(C)C(=O)CNC2CCC(CNC(=O)c3cc(C(F)(F)F)cc(C(F)(F)F)c3)CC2)CC1. The van der Waals surface area contributed by atoms with Crippen molar-refractivity contribution >= 4 is 11.8 Å². The van der Waals surface area contributed by atoms with E-state index >= 15 is 0 Å². The molecule has 0 heterocycles. The zero-order valence-electron chi connectivity index (χ0n) is 21.6. The van der Waals surface area contributed by atoms with Crippen molar-refractivity contribution in [1.82, 2.24) is 15.5 Å². The molecule has 0 radical (unpaired) electrons. The van der Waals surface area contributed by atoms with Crippen LogP contribution in [0.1, 0.15) is 72.9 Å². The van der Waals surface area contributed by atoms with Gasteiger partial charge in [0, 0.05) is 38.3 Å². The van der Waals surface area contributed by atoms with Crippen LogP contribution < -0.4 is 10.6 Å². The molecule has 0 spiro atoms. The Bertz CT molecular complexity index is 920. The Balaban J connectivity index is 1.43. The molecular formula is C26H35F6N3O3. The molecule has 0 saturated heterocycles. The monoisotopic (exact) mass is 551 g/mol. The minimum absolute atomic E-state index is 0.000589. The highest BCUT2D eigenvalue weighted by molar-refractivity contribution is 5.94. The molecule has 1 aromatic carbocycles. The molecule has 2 saturated carbocycles. The van der Waals surface area contributed by atoms with Crippen LogP contribution in [-0.2, 0) is 21.9 Å². The topological polar surface area (TPSA) is 70.7 Å². The van der Waals surface area contributed by atoms with E-state index < -0.39 is 35.0 Å². The minimum Gasteiger partial charge on any atom is -0.381 e. The van der Waals surface area contributed by atoms with Gasteiger partial charge in [-0.3, -0.25) is 9.59 Å². The van der Waals surface area contributed by atoms with Gasteiger partial charge < -0.3 is 20.3 Å². The fourth-order valence-electron chi connectivity index (χ4n) is 5.22. The summed E-state index contributed by atoms with van der Waals surface area (Å²) >= 11 is 0. The van der Waals surface area contributed by atoms with Crippen molar-refractivity contribution in [3.05, 3.63) is 34.9 Å². The van der Waals surface area contributed by atoms with E-state index in [-0.39, 0.29) is 49.2 Å². The molecule has 0 unspecified atom stereocenters. The average molecular weight is 552 g/mol. The zero-order valence-corrected chi connectivity index (χ0v) is 21.6. The van der Waals surface area contributed by atoms with E-state index in [1.807, 2.05) is 7.05 Å². The van der Waals surface area contributed by atoms with E-state index in [0.717, 1.165) is 38.5 Å². The quantitative estimate of drug-likeness (QED) is 0.446. The van der Waals surface area contributed by atoms with Gasteiger partial charge in [-0.05, 0) is 75.5 Å². The normalized spacial score (nSPS) is 24.6. The summed E-state index contributed by atoms with van der Waals surface area (Å²) in [6.45, 7) is 0.374. The van der Waals surface area contributed by atoms with Gasteiger partial charge in [-0.1, -0.05) is 0 Å². The van der Waals surface area contributed by atoms with Crippen LogP contribution in [-0.4, -0.2) is 62.1 Å². The maximum Gasteiger partial charge on any atom is 0.416 e. The molecule has 12 heteroatoms. The number of ether oxygens (including phenoxy) is 1. The molecule has 0 bridgehead atoms. The number of alkyl halides is 6. The summed E-state index contributed by atoms with van der Waals surface area (Å²) in [5.41, 5.74) is -3.72. The molecule has 3 rings (SSSR count). The minimum atomic E-state index is -5.01. The third-order valence-electron chi connectivity index (χ3n) is 7.71. The summed E-state index contributed by atoms with van der Waals surface area (Å²) < 4.78 is 83.7. The standard InChI is InChI=1S/C26H35F6N3O3/c1-35(21-7-9-22(38-2)10-8-21)23(36)15-33-20-5-3-16(4-6-20)14-34-24(37)17-11-18(25(27,28)29)13-19(12-17)26(30,31)32/h11-13,16,20-22,33H,3-10,14-15H2,1-2H3,(H,34,37)/t16?,20?,21-,22+. The maximum atomic E-state index is 13.1. The fraction of sp³-hybridized carbons (Fsp3) is 0.692. The van der Waals surface area contributed by atoms with Crippen LogP contribution in [0, 0.1) is 5.92 Å². The van der Waals surface area contributed by atoms with Crippen LogP contribution in [0.25, 0.3) is 0 Å². The van der Waals surface area contributed by atoms with Gasteiger partial charge in [0.05, 0.1) is 23.8 Å².